The number of benzene rings is 1. The summed E-state index contributed by atoms with van der Waals surface area (Å²) in [6.07, 6.45) is 0.945. The number of hydrogen-bond donors (Lipinski definition) is 2. The number of aromatic nitrogens is 2. The van der Waals surface area contributed by atoms with Gasteiger partial charge < -0.3 is 15.8 Å². The number of nitrogens with two attached hydrogens (primary N) is 1. The van der Waals surface area contributed by atoms with Crippen molar-refractivity contribution in [3.63, 3.8) is 0 Å². The molecular weight excluding hydrogens is 266 g/mol. The van der Waals surface area contributed by atoms with Gasteiger partial charge in [-0.3, -0.25) is 0 Å². The third kappa shape index (κ3) is 3.08. The van der Waals surface area contributed by atoms with Crippen molar-refractivity contribution in [2.75, 3.05) is 24.2 Å². The van der Waals surface area contributed by atoms with Crippen LogP contribution in [-0.2, 0) is 0 Å². The summed E-state index contributed by atoms with van der Waals surface area (Å²) in [6.45, 7) is 5.34. The first-order valence-electron chi connectivity index (χ1n) is 6.97. The standard InChI is InChI=1S/C15H19N5O/c1-3-9-18-15-13(10-16)14(17)20(19-15)11-5-7-12(8-6-11)21-4-2/h5-8H,3-4,9,17H2,1-2H3,(H,18,19). The average molecular weight is 285 g/mol. The van der Waals surface area contributed by atoms with Gasteiger partial charge in [0.25, 0.3) is 0 Å². The molecule has 110 valence electrons. The second-order valence-electron chi connectivity index (χ2n) is 4.49. The predicted molar refractivity (Wildman–Crippen MR) is 82.6 cm³/mol. The Hall–Kier alpha value is -2.68. The molecule has 0 atom stereocenters. The fraction of sp³-hybridized carbons (Fsp3) is 0.333. The number of nitrogens with one attached hydrogen (secondary N) is 1. The minimum absolute atomic E-state index is 0.334. The van der Waals surface area contributed by atoms with Gasteiger partial charge >= 0.3 is 0 Å². The third-order valence-corrected chi connectivity index (χ3v) is 2.97. The van der Waals surface area contributed by atoms with Crippen LogP contribution < -0.4 is 15.8 Å². The second kappa shape index (κ2) is 6.66. The number of hydrogen-bond acceptors (Lipinski definition) is 5. The van der Waals surface area contributed by atoms with Gasteiger partial charge in [-0.1, -0.05) is 6.92 Å². The van der Waals surface area contributed by atoms with Crippen molar-refractivity contribution in [1.29, 1.82) is 5.26 Å². The highest BCUT2D eigenvalue weighted by Crippen LogP contribution is 2.25. The maximum atomic E-state index is 9.23. The Morgan fingerprint density at radius 1 is 1.33 bits per heavy atom. The SMILES string of the molecule is CCCNc1nn(-c2ccc(OCC)cc2)c(N)c1C#N. The van der Waals surface area contributed by atoms with E-state index in [1.54, 1.807) is 4.68 Å². The molecule has 0 saturated carbocycles. The Labute approximate surface area is 124 Å². The Kier molecular flexibility index (Phi) is 4.67. The summed E-state index contributed by atoms with van der Waals surface area (Å²) in [5.74, 6) is 1.64. The number of nitrogens with zero attached hydrogens (tertiary/aromatic N) is 3. The summed E-state index contributed by atoms with van der Waals surface area (Å²) < 4.78 is 6.97. The summed E-state index contributed by atoms with van der Waals surface area (Å²) in [4.78, 5) is 0. The van der Waals surface area contributed by atoms with Gasteiger partial charge in [-0.2, -0.15) is 5.26 Å². The number of nitrogen functional groups attached to an aromatic ring is 1. The summed E-state index contributed by atoms with van der Waals surface area (Å²) >= 11 is 0. The third-order valence-electron chi connectivity index (χ3n) is 2.97. The van der Waals surface area contributed by atoms with E-state index in [1.165, 1.54) is 0 Å². The van der Waals surface area contributed by atoms with Gasteiger partial charge in [0, 0.05) is 6.54 Å². The summed E-state index contributed by atoms with van der Waals surface area (Å²) in [7, 11) is 0. The predicted octanol–water partition coefficient (Wildman–Crippen LogP) is 2.55. The molecule has 2 aromatic rings. The zero-order valence-electron chi connectivity index (χ0n) is 12.3. The lowest BCUT2D eigenvalue weighted by atomic mass is 10.3. The van der Waals surface area contributed by atoms with Gasteiger partial charge in [-0.05, 0) is 37.6 Å². The molecule has 0 aliphatic rings. The van der Waals surface area contributed by atoms with E-state index in [9.17, 15) is 5.26 Å². The molecule has 0 radical (unpaired) electrons. The zero-order chi connectivity index (χ0) is 15.2. The van der Waals surface area contributed by atoms with Gasteiger partial charge in [-0.25, -0.2) is 4.68 Å². The van der Waals surface area contributed by atoms with E-state index in [4.69, 9.17) is 10.5 Å². The Morgan fingerprint density at radius 2 is 2.05 bits per heavy atom. The normalized spacial score (nSPS) is 10.1. The van der Waals surface area contributed by atoms with E-state index >= 15 is 0 Å². The second-order valence-corrected chi connectivity index (χ2v) is 4.49. The monoisotopic (exact) mass is 285 g/mol. The Balaban J connectivity index is 2.35. The lowest BCUT2D eigenvalue weighted by molar-refractivity contribution is 0.340. The van der Waals surface area contributed by atoms with E-state index in [2.05, 4.69) is 16.5 Å². The minimum Gasteiger partial charge on any atom is -0.494 e. The fourth-order valence-electron chi connectivity index (χ4n) is 1.96. The van der Waals surface area contributed by atoms with Gasteiger partial charge in [0.15, 0.2) is 5.82 Å². The lowest BCUT2D eigenvalue weighted by Crippen LogP contribution is -2.03. The molecule has 1 aromatic heterocycles. The van der Waals surface area contributed by atoms with E-state index in [0.29, 0.717) is 23.8 Å². The van der Waals surface area contributed by atoms with Gasteiger partial charge in [0.2, 0.25) is 0 Å². The van der Waals surface area contributed by atoms with Gasteiger partial charge in [-0.15, -0.1) is 5.10 Å². The van der Waals surface area contributed by atoms with Crippen LogP contribution in [-0.4, -0.2) is 22.9 Å². The number of rotatable bonds is 6. The molecule has 1 aromatic carbocycles. The van der Waals surface area contributed by atoms with Crippen LogP contribution in [0.25, 0.3) is 5.69 Å². The van der Waals surface area contributed by atoms with Crippen molar-refractivity contribution in [2.24, 2.45) is 0 Å². The molecule has 6 nitrogen and oxygen atoms in total. The average Bonchev–Trinajstić information content (AvgIpc) is 2.82. The maximum Gasteiger partial charge on any atom is 0.168 e. The smallest absolute Gasteiger partial charge is 0.168 e. The van der Waals surface area contributed by atoms with Crippen LogP contribution in [0.1, 0.15) is 25.8 Å². The van der Waals surface area contributed by atoms with Crippen LogP contribution in [0.5, 0.6) is 5.75 Å². The zero-order valence-corrected chi connectivity index (χ0v) is 12.3. The topological polar surface area (TPSA) is 88.9 Å². The number of nitriles is 1. The first-order chi connectivity index (χ1) is 10.2. The van der Waals surface area contributed by atoms with E-state index in [-0.39, 0.29) is 0 Å². The molecule has 0 saturated heterocycles. The van der Waals surface area contributed by atoms with Crippen LogP contribution in [0.2, 0.25) is 0 Å². The molecule has 6 heteroatoms. The lowest BCUT2D eigenvalue weighted by Gasteiger charge is -2.06. The Bertz CT molecular complexity index is 639. The first kappa shape index (κ1) is 14.7. The summed E-state index contributed by atoms with van der Waals surface area (Å²) in [6, 6.07) is 9.52. The molecule has 21 heavy (non-hydrogen) atoms. The highest BCUT2D eigenvalue weighted by molar-refractivity contribution is 5.66. The molecule has 0 bridgehead atoms. The van der Waals surface area contributed by atoms with Crippen molar-refractivity contribution in [3.05, 3.63) is 29.8 Å². The highest BCUT2D eigenvalue weighted by atomic mass is 16.5. The summed E-state index contributed by atoms with van der Waals surface area (Å²) in [5, 5.41) is 16.7. The first-order valence-corrected chi connectivity index (χ1v) is 6.97. The molecule has 2 rings (SSSR count). The largest absolute Gasteiger partial charge is 0.494 e. The van der Waals surface area contributed by atoms with Crippen LogP contribution >= 0.6 is 0 Å². The van der Waals surface area contributed by atoms with E-state index in [1.807, 2.05) is 38.1 Å². The van der Waals surface area contributed by atoms with Crippen LogP contribution in [0.15, 0.2) is 24.3 Å². The van der Waals surface area contributed by atoms with Gasteiger partial charge in [0.1, 0.15) is 23.2 Å². The molecule has 0 aliphatic heterocycles. The van der Waals surface area contributed by atoms with Crippen LogP contribution in [0.3, 0.4) is 0 Å². The summed E-state index contributed by atoms with van der Waals surface area (Å²) in [5.41, 5.74) is 7.18. The van der Waals surface area contributed by atoms with Crippen LogP contribution in [0, 0.1) is 11.3 Å². The molecule has 0 unspecified atom stereocenters. The molecule has 0 amide bonds. The fourth-order valence-corrected chi connectivity index (χ4v) is 1.96. The molecule has 3 N–H and O–H groups in total. The Morgan fingerprint density at radius 3 is 2.62 bits per heavy atom. The quantitative estimate of drug-likeness (QED) is 0.851. The van der Waals surface area contributed by atoms with E-state index < -0.39 is 0 Å². The molecule has 0 aliphatic carbocycles. The van der Waals surface area contributed by atoms with Crippen molar-refractivity contribution in [3.8, 4) is 17.5 Å². The minimum atomic E-state index is 0.334. The maximum absolute atomic E-state index is 9.23. The molecule has 0 spiro atoms. The van der Waals surface area contributed by atoms with Crippen molar-refractivity contribution in [1.82, 2.24) is 9.78 Å². The van der Waals surface area contributed by atoms with Crippen molar-refractivity contribution < 1.29 is 4.74 Å². The molecule has 0 fully saturated rings. The molecular formula is C15H19N5O. The van der Waals surface area contributed by atoms with Crippen molar-refractivity contribution in [2.45, 2.75) is 20.3 Å². The van der Waals surface area contributed by atoms with Gasteiger partial charge in [0.05, 0.1) is 12.3 Å². The van der Waals surface area contributed by atoms with Crippen molar-refractivity contribution >= 4 is 11.6 Å². The number of anilines is 2. The highest BCUT2D eigenvalue weighted by Gasteiger charge is 2.16. The molecule has 1 heterocycles. The number of ether oxygens (including phenoxy) is 1. The van der Waals surface area contributed by atoms with E-state index in [0.717, 1.165) is 24.4 Å². The van der Waals surface area contributed by atoms with Crippen LogP contribution in [0.4, 0.5) is 11.6 Å².